The fraction of sp³-hybridized carbons (Fsp3) is 0.417. The maximum Gasteiger partial charge on any atom is 0.245 e. The molecule has 20 heavy (non-hydrogen) atoms. The summed E-state index contributed by atoms with van der Waals surface area (Å²) >= 11 is 3.24. The van der Waals surface area contributed by atoms with Gasteiger partial charge in [0.2, 0.25) is 15.9 Å². The minimum absolute atomic E-state index is 0.0278. The number of sulfonamides is 1. The van der Waals surface area contributed by atoms with Crippen molar-refractivity contribution in [1.29, 1.82) is 0 Å². The smallest absolute Gasteiger partial charge is 0.245 e. The van der Waals surface area contributed by atoms with E-state index in [9.17, 15) is 13.2 Å². The fourth-order valence-corrected chi connectivity index (χ4v) is 4.55. The van der Waals surface area contributed by atoms with E-state index >= 15 is 0 Å². The van der Waals surface area contributed by atoms with Crippen LogP contribution >= 0.6 is 15.9 Å². The molecule has 1 fully saturated rings. The fourth-order valence-electron chi connectivity index (χ4n) is 2.23. The molecule has 1 unspecified atom stereocenters. The first-order valence-electron chi connectivity index (χ1n) is 6.22. The van der Waals surface area contributed by atoms with Gasteiger partial charge in [0, 0.05) is 17.6 Å². The number of nitrogens with one attached hydrogen (secondary N) is 1. The molecule has 1 aliphatic heterocycles. The van der Waals surface area contributed by atoms with Crippen molar-refractivity contribution < 1.29 is 13.2 Å². The zero-order valence-corrected chi connectivity index (χ0v) is 13.4. The number of carbonyl (C=O) groups excluding carboxylic acids is 1. The Bertz CT molecular complexity index is 633. The normalized spacial score (nSPS) is 20.7. The molecule has 0 bridgehead atoms. The lowest BCUT2D eigenvalue weighted by Gasteiger charge is -2.33. The number of benzene rings is 1. The van der Waals surface area contributed by atoms with Crippen LogP contribution in [0.3, 0.4) is 0 Å². The molecule has 3 N–H and O–H groups in total. The van der Waals surface area contributed by atoms with Gasteiger partial charge in [0.1, 0.15) is 10.9 Å². The van der Waals surface area contributed by atoms with E-state index in [1.165, 1.54) is 16.4 Å². The maximum atomic E-state index is 12.7. The first kappa shape index (κ1) is 15.3. The molecule has 1 amide bonds. The van der Waals surface area contributed by atoms with Crippen LogP contribution < -0.4 is 11.1 Å². The van der Waals surface area contributed by atoms with Crippen molar-refractivity contribution >= 4 is 37.5 Å². The van der Waals surface area contributed by atoms with E-state index in [-0.39, 0.29) is 23.0 Å². The standard InChI is InChI=1S/C12H16BrN3O3S/c1-2-10-12(17)15-5-6-16(10)20(18,19)11-7-8(13)3-4-9(11)14/h3-4,7,10H,2,5-6,14H2,1H3,(H,15,17). The van der Waals surface area contributed by atoms with E-state index in [1.807, 2.05) is 0 Å². The lowest BCUT2D eigenvalue weighted by molar-refractivity contribution is -0.126. The van der Waals surface area contributed by atoms with Gasteiger partial charge in [-0.05, 0) is 24.6 Å². The highest BCUT2D eigenvalue weighted by molar-refractivity contribution is 9.10. The Balaban J connectivity index is 2.48. The number of piperazine rings is 1. The number of nitrogen functional groups attached to an aromatic ring is 1. The van der Waals surface area contributed by atoms with Gasteiger partial charge in [0.25, 0.3) is 0 Å². The second kappa shape index (κ2) is 5.71. The highest BCUT2D eigenvalue weighted by Crippen LogP contribution is 2.28. The molecule has 0 saturated carbocycles. The Labute approximate surface area is 126 Å². The van der Waals surface area contributed by atoms with E-state index in [4.69, 9.17) is 5.73 Å². The van der Waals surface area contributed by atoms with Gasteiger partial charge in [-0.2, -0.15) is 4.31 Å². The summed E-state index contributed by atoms with van der Waals surface area (Å²) in [6.45, 7) is 2.34. The monoisotopic (exact) mass is 361 g/mol. The highest BCUT2D eigenvalue weighted by Gasteiger charge is 2.38. The molecule has 1 aromatic rings. The van der Waals surface area contributed by atoms with Crippen molar-refractivity contribution in [2.24, 2.45) is 0 Å². The van der Waals surface area contributed by atoms with Crippen LogP contribution in [0, 0.1) is 0 Å². The molecule has 0 radical (unpaired) electrons. The first-order valence-corrected chi connectivity index (χ1v) is 8.45. The molecule has 6 nitrogen and oxygen atoms in total. The molecular weight excluding hydrogens is 346 g/mol. The zero-order valence-electron chi connectivity index (χ0n) is 11.0. The van der Waals surface area contributed by atoms with Crippen molar-refractivity contribution in [3.8, 4) is 0 Å². The molecule has 0 aromatic heterocycles. The Morgan fingerprint density at radius 3 is 2.85 bits per heavy atom. The van der Waals surface area contributed by atoms with Crippen molar-refractivity contribution in [3.63, 3.8) is 0 Å². The summed E-state index contributed by atoms with van der Waals surface area (Å²) in [5.74, 6) is -0.268. The zero-order chi connectivity index (χ0) is 14.9. The van der Waals surface area contributed by atoms with Crippen molar-refractivity contribution in [3.05, 3.63) is 22.7 Å². The molecule has 1 atom stereocenters. The van der Waals surface area contributed by atoms with Crippen LogP contribution in [0.1, 0.15) is 13.3 Å². The lowest BCUT2D eigenvalue weighted by Crippen LogP contribution is -2.56. The predicted octanol–water partition coefficient (Wildman–Crippen LogP) is 0.930. The molecule has 110 valence electrons. The van der Waals surface area contributed by atoms with Gasteiger partial charge >= 0.3 is 0 Å². The van der Waals surface area contributed by atoms with Gasteiger partial charge in [-0.15, -0.1) is 0 Å². The second-order valence-electron chi connectivity index (χ2n) is 4.51. The number of rotatable bonds is 3. The average Bonchev–Trinajstić information content (AvgIpc) is 2.41. The highest BCUT2D eigenvalue weighted by atomic mass is 79.9. The molecule has 0 aliphatic carbocycles. The van der Waals surface area contributed by atoms with Crippen LogP contribution in [0.15, 0.2) is 27.6 Å². The lowest BCUT2D eigenvalue weighted by atomic mass is 10.2. The van der Waals surface area contributed by atoms with Gasteiger partial charge in [0.15, 0.2) is 0 Å². The topological polar surface area (TPSA) is 92.5 Å². The molecule has 1 aliphatic rings. The van der Waals surface area contributed by atoms with Crippen LogP contribution in [0.4, 0.5) is 5.69 Å². The molecule has 1 saturated heterocycles. The van der Waals surface area contributed by atoms with Crippen molar-refractivity contribution in [1.82, 2.24) is 9.62 Å². The molecular formula is C12H16BrN3O3S. The Morgan fingerprint density at radius 1 is 1.50 bits per heavy atom. The average molecular weight is 362 g/mol. The summed E-state index contributed by atoms with van der Waals surface area (Å²) in [4.78, 5) is 11.8. The second-order valence-corrected chi connectivity index (χ2v) is 7.29. The van der Waals surface area contributed by atoms with Crippen LogP contribution in [-0.4, -0.2) is 37.8 Å². The van der Waals surface area contributed by atoms with E-state index in [1.54, 1.807) is 13.0 Å². The SMILES string of the molecule is CCC1C(=O)NCCN1S(=O)(=O)c1cc(Br)ccc1N. The number of anilines is 1. The number of nitrogens with zero attached hydrogens (tertiary/aromatic N) is 1. The van der Waals surface area contributed by atoms with E-state index in [2.05, 4.69) is 21.2 Å². The van der Waals surface area contributed by atoms with E-state index < -0.39 is 16.1 Å². The predicted molar refractivity (Wildman–Crippen MR) is 79.5 cm³/mol. The van der Waals surface area contributed by atoms with E-state index in [0.717, 1.165) is 0 Å². The summed E-state index contributed by atoms with van der Waals surface area (Å²) in [6, 6.07) is 3.98. The number of hydrogen-bond acceptors (Lipinski definition) is 4. The molecule has 2 rings (SSSR count). The molecule has 1 heterocycles. The van der Waals surface area contributed by atoms with Gasteiger partial charge < -0.3 is 11.1 Å². The van der Waals surface area contributed by atoms with Crippen LogP contribution in [0.5, 0.6) is 0 Å². The first-order chi connectivity index (χ1) is 9.37. The van der Waals surface area contributed by atoms with E-state index in [0.29, 0.717) is 17.4 Å². The van der Waals surface area contributed by atoms with Gasteiger partial charge in [-0.3, -0.25) is 4.79 Å². The number of amides is 1. The van der Waals surface area contributed by atoms with Crippen LogP contribution in [0.2, 0.25) is 0 Å². The van der Waals surface area contributed by atoms with Crippen LogP contribution in [-0.2, 0) is 14.8 Å². The number of hydrogen-bond donors (Lipinski definition) is 2. The third kappa shape index (κ3) is 2.68. The van der Waals surface area contributed by atoms with Gasteiger partial charge in [-0.25, -0.2) is 8.42 Å². The number of carbonyl (C=O) groups is 1. The third-order valence-electron chi connectivity index (χ3n) is 3.23. The molecule has 1 aromatic carbocycles. The molecule has 0 spiro atoms. The Hall–Kier alpha value is -1.12. The molecule has 8 heteroatoms. The Kier molecular flexibility index (Phi) is 4.36. The van der Waals surface area contributed by atoms with Gasteiger partial charge in [-0.1, -0.05) is 22.9 Å². The van der Waals surface area contributed by atoms with Crippen LogP contribution in [0.25, 0.3) is 0 Å². The summed E-state index contributed by atoms with van der Waals surface area (Å²) in [6.07, 6.45) is 0.416. The van der Waals surface area contributed by atoms with Crippen molar-refractivity contribution in [2.45, 2.75) is 24.3 Å². The Morgan fingerprint density at radius 2 is 2.20 bits per heavy atom. The summed E-state index contributed by atoms with van der Waals surface area (Å²) in [7, 11) is -3.79. The quantitative estimate of drug-likeness (QED) is 0.783. The van der Waals surface area contributed by atoms with Gasteiger partial charge in [0.05, 0.1) is 5.69 Å². The number of nitrogens with two attached hydrogens (primary N) is 1. The minimum Gasteiger partial charge on any atom is -0.398 e. The summed E-state index contributed by atoms with van der Waals surface area (Å²) < 4.78 is 27.3. The summed E-state index contributed by atoms with van der Waals surface area (Å²) in [5, 5.41) is 2.68. The third-order valence-corrected chi connectivity index (χ3v) is 5.69. The summed E-state index contributed by atoms with van der Waals surface area (Å²) in [5.41, 5.74) is 5.95. The largest absolute Gasteiger partial charge is 0.398 e. The minimum atomic E-state index is -3.79. The van der Waals surface area contributed by atoms with Crippen molar-refractivity contribution in [2.75, 3.05) is 18.8 Å². The number of halogens is 1. The maximum absolute atomic E-state index is 12.7.